The van der Waals surface area contributed by atoms with Gasteiger partial charge in [-0.05, 0) is 37.6 Å². The van der Waals surface area contributed by atoms with Crippen molar-refractivity contribution in [2.24, 2.45) is 0 Å². The Balaban J connectivity index is 1.63. The first-order valence-corrected chi connectivity index (χ1v) is 8.77. The number of esters is 2. The van der Waals surface area contributed by atoms with Gasteiger partial charge in [0.15, 0.2) is 18.1 Å². The van der Waals surface area contributed by atoms with Crippen molar-refractivity contribution < 1.29 is 33.3 Å². The molecular weight excluding hydrogens is 374 g/mol. The first-order chi connectivity index (χ1) is 12.9. The van der Waals surface area contributed by atoms with Crippen LogP contribution in [0.2, 0.25) is 0 Å². The Morgan fingerprint density at radius 3 is 2.63 bits per heavy atom. The van der Waals surface area contributed by atoms with Gasteiger partial charge in [-0.2, -0.15) is 0 Å². The molecule has 27 heavy (non-hydrogen) atoms. The van der Waals surface area contributed by atoms with E-state index >= 15 is 0 Å². The zero-order chi connectivity index (χ0) is 19.6. The van der Waals surface area contributed by atoms with Gasteiger partial charge >= 0.3 is 11.9 Å². The van der Waals surface area contributed by atoms with Gasteiger partial charge in [0, 0.05) is 4.88 Å². The number of anilines is 1. The van der Waals surface area contributed by atoms with Gasteiger partial charge in [0.25, 0.3) is 5.91 Å². The summed E-state index contributed by atoms with van der Waals surface area (Å²) in [5.74, 6) is -0.778. The number of carbonyl (C=O) groups excluding carboxylic acids is 3. The molecule has 1 aliphatic heterocycles. The summed E-state index contributed by atoms with van der Waals surface area (Å²) >= 11 is 1.25. The van der Waals surface area contributed by atoms with Crippen molar-refractivity contribution in [3.05, 3.63) is 39.8 Å². The average molecular weight is 391 g/mol. The monoisotopic (exact) mass is 391 g/mol. The van der Waals surface area contributed by atoms with E-state index < -0.39 is 24.5 Å². The number of nitrogens with one attached hydrogen (secondary N) is 1. The molecule has 1 aromatic carbocycles. The van der Waals surface area contributed by atoms with Gasteiger partial charge in [-0.3, -0.25) is 4.79 Å². The van der Waals surface area contributed by atoms with E-state index in [1.54, 1.807) is 13.0 Å². The summed E-state index contributed by atoms with van der Waals surface area (Å²) in [6.07, 6.45) is 0. The summed E-state index contributed by atoms with van der Waals surface area (Å²) < 4.78 is 20.2. The maximum Gasteiger partial charge on any atom is 0.341 e. The number of fused-ring (bicyclic) bond motifs is 1. The van der Waals surface area contributed by atoms with E-state index in [9.17, 15) is 14.4 Å². The molecule has 2 heterocycles. The maximum atomic E-state index is 12.1. The van der Waals surface area contributed by atoms with E-state index in [1.807, 2.05) is 6.92 Å². The number of hydrogen-bond donors (Lipinski definition) is 1. The molecule has 0 saturated carbocycles. The molecule has 142 valence electrons. The lowest BCUT2D eigenvalue weighted by molar-refractivity contribution is -0.119. The van der Waals surface area contributed by atoms with Gasteiger partial charge in [0.05, 0.1) is 18.2 Å². The van der Waals surface area contributed by atoms with Crippen LogP contribution in [0.15, 0.2) is 18.2 Å². The fourth-order valence-electron chi connectivity index (χ4n) is 2.46. The van der Waals surface area contributed by atoms with Crippen molar-refractivity contribution in [3.8, 4) is 11.5 Å². The lowest BCUT2D eigenvalue weighted by Crippen LogP contribution is -2.21. The zero-order valence-corrected chi connectivity index (χ0v) is 15.7. The third-order valence-corrected chi connectivity index (χ3v) is 5.09. The molecule has 1 N–H and O–H groups in total. The number of hydrogen-bond acceptors (Lipinski definition) is 8. The fourth-order valence-corrected chi connectivity index (χ4v) is 3.53. The summed E-state index contributed by atoms with van der Waals surface area (Å²) in [4.78, 5) is 37.0. The highest BCUT2D eigenvalue weighted by atomic mass is 32.1. The summed E-state index contributed by atoms with van der Waals surface area (Å²) in [6.45, 7) is 3.21. The van der Waals surface area contributed by atoms with Crippen LogP contribution in [-0.2, 0) is 14.3 Å². The van der Waals surface area contributed by atoms with Crippen LogP contribution >= 0.6 is 11.3 Å². The van der Waals surface area contributed by atoms with Crippen LogP contribution in [0, 0.1) is 13.8 Å². The van der Waals surface area contributed by atoms with Crippen LogP contribution in [0.4, 0.5) is 5.00 Å². The maximum absolute atomic E-state index is 12.1. The number of thiophene rings is 1. The predicted octanol–water partition coefficient (Wildman–Crippen LogP) is 2.68. The first-order valence-electron chi connectivity index (χ1n) is 7.95. The minimum Gasteiger partial charge on any atom is -0.465 e. The molecule has 0 unspecified atom stereocenters. The fraction of sp³-hybridized carbons (Fsp3) is 0.278. The molecule has 0 fully saturated rings. The standard InChI is InChI=1S/C18H17NO7S/c1-9-10(2)27-16(15(9)18(22)23-3)19-14(20)7-24-17(21)11-4-5-12-13(6-11)26-8-25-12/h4-6H,7-8H2,1-3H3,(H,19,20). The molecule has 0 bridgehead atoms. The zero-order valence-electron chi connectivity index (χ0n) is 14.9. The lowest BCUT2D eigenvalue weighted by atomic mass is 10.1. The highest BCUT2D eigenvalue weighted by Gasteiger charge is 2.22. The quantitative estimate of drug-likeness (QED) is 0.782. The molecule has 1 aliphatic rings. The minimum atomic E-state index is -0.671. The number of rotatable bonds is 5. The average Bonchev–Trinajstić information content (AvgIpc) is 3.23. The van der Waals surface area contributed by atoms with Gasteiger partial charge in [-0.15, -0.1) is 11.3 Å². The molecule has 3 rings (SSSR count). The minimum absolute atomic E-state index is 0.0957. The van der Waals surface area contributed by atoms with Crippen molar-refractivity contribution >= 4 is 34.2 Å². The van der Waals surface area contributed by atoms with Crippen LogP contribution in [0.3, 0.4) is 0 Å². The van der Waals surface area contributed by atoms with E-state index in [1.165, 1.54) is 30.6 Å². The van der Waals surface area contributed by atoms with Gasteiger partial charge in [-0.1, -0.05) is 0 Å². The van der Waals surface area contributed by atoms with Gasteiger partial charge in [0.1, 0.15) is 5.00 Å². The molecule has 0 atom stereocenters. The summed E-state index contributed by atoms with van der Waals surface area (Å²) in [6, 6.07) is 4.61. The van der Waals surface area contributed by atoms with Crippen molar-refractivity contribution in [1.82, 2.24) is 0 Å². The second-order valence-electron chi connectivity index (χ2n) is 5.67. The molecule has 0 spiro atoms. The van der Waals surface area contributed by atoms with Crippen molar-refractivity contribution in [3.63, 3.8) is 0 Å². The Bertz CT molecular complexity index is 919. The second-order valence-corrected chi connectivity index (χ2v) is 6.90. The Morgan fingerprint density at radius 1 is 1.15 bits per heavy atom. The highest BCUT2D eigenvalue weighted by Crippen LogP contribution is 2.33. The lowest BCUT2D eigenvalue weighted by Gasteiger charge is -2.07. The topological polar surface area (TPSA) is 100 Å². The highest BCUT2D eigenvalue weighted by molar-refractivity contribution is 7.16. The normalized spacial score (nSPS) is 11.8. The molecule has 8 nitrogen and oxygen atoms in total. The van der Waals surface area contributed by atoms with Crippen molar-refractivity contribution in [2.45, 2.75) is 13.8 Å². The van der Waals surface area contributed by atoms with E-state index in [0.717, 1.165) is 10.4 Å². The Hall–Kier alpha value is -3.07. The summed E-state index contributed by atoms with van der Waals surface area (Å²) in [7, 11) is 1.27. The Labute approximate surface area is 159 Å². The molecule has 0 saturated heterocycles. The molecule has 9 heteroatoms. The SMILES string of the molecule is COC(=O)c1c(NC(=O)COC(=O)c2ccc3c(c2)OCO3)sc(C)c1C. The largest absolute Gasteiger partial charge is 0.465 e. The molecule has 1 aromatic heterocycles. The van der Waals surface area contributed by atoms with E-state index in [4.69, 9.17) is 18.9 Å². The van der Waals surface area contributed by atoms with Crippen LogP contribution in [0.5, 0.6) is 11.5 Å². The number of ether oxygens (including phenoxy) is 4. The van der Waals surface area contributed by atoms with E-state index in [0.29, 0.717) is 22.1 Å². The number of carbonyl (C=O) groups is 3. The molecular formula is C18H17NO7S. The van der Waals surface area contributed by atoms with Gasteiger partial charge in [-0.25, -0.2) is 9.59 Å². The van der Waals surface area contributed by atoms with Crippen LogP contribution in [-0.4, -0.2) is 38.4 Å². The van der Waals surface area contributed by atoms with Crippen molar-refractivity contribution in [1.29, 1.82) is 0 Å². The number of methoxy groups -OCH3 is 1. The second kappa shape index (κ2) is 7.67. The van der Waals surface area contributed by atoms with Crippen LogP contribution < -0.4 is 14.8 Å². The molecule has 0 radical (unpaired) electrons. The Kier molecular flexibility index (Phi) is 5.31. The van der Waals surface area contributed by atoms with Crippen LogP contribution in [0.25, 0.3) is 0 Å². The molecule has 2 aromatic rings. The number of aryl methyl sites for hydroxylation is 1. The number of amides is 1. The molecule has 1 amide bonds. The number of benzene rings is 1. The third kappa shape index (κ3) is 3.87. The Morgan fingerprint density at radius 2 is 1.89 bits per heavy atom. The van der Waals surface area contributed by atoms with Gasteiger partial charge < -0.3 is 24.3 Å². The molecule has 0 aliphatic carbocycles. The van der Waals surface area contributed by atoms with Crippen LogP contribution in [0.1, 0.15) is 31.2 Å². The summed E-state index contributed by atoms with van der Waals surface area (Å²) in [5, 5.41) is 2.95. The first kappa shape index (κ1) is 18.7. The van der Waals surface area contributed by atoms with E-state index in [-0.39, 0.29) is 12.4 Å². The predicted molar refractivity (Wildman–Crippen MR) is 96.6 cm³/mol. The third-order valence-electron chi connectivity index (χ3n) is 3.97. The summed E-state index contributed by atoms with van der Waals surface area (Å²) in [5.41, 5.74) is 1.28. The van der Waals surface area contributed by atoms with Gasteiger partial charge in [0.2, 0.25) is 6.79 Å². The van der Waals surface area contributed by atoms with Crippen molar-refractivity contribution in [2.75, 3.05) is 25.8 Å². The smallest absolute Gasteiger partial charge is 0.341 e. The van der Waals surface area contributed by atoms with E-state index in [2.05, 4.69) is 5.32 Å².